The Labute approximate surface area is 147 Å². The Morgan fingerprint density at radius 3 is 2.30 bits per heavy atom. The molecular weight excluding hydrogens is 374 g/mol. The number of carbonyl (C=O) groups excluding carboxylic acids is 1. The van der Waals surface area contributed by atoms with Crippen LogP contribution in [-0.4, -0.2) is 17.0 Å². The summed E-state index contributed by atoms with van der Waals surface area (Å²) in [6.45, 7) is 3.06. The second-order valence-electron chi connectivity index (χ2n) is 6.21. The first-order valence-electron chi connectivity index (χ1n) is 6.89. The molecule has 1 unspecified atom stereocenters. The van der Waals surface area contributed by atoms with Crippen molar-refractivity contribution in [3.8, 4) is 0 Å². The van der Waals surface area contributed by atoms with Crippen molar-refractivity contribution >= 4 is 40.7 Å². The van der Waals surface area contributed by atoms with Crippen molar-refractivity contribution in [2.75, 3.05) is 0 Å². The summed E-state index contributed by atoms with van der Waals surface area (Å²) in [6, 6.07) is 3.92. The Balaban J connectivity index is 2.20. The molecule has 0 heterocycles. The molecule has 8 heteroatoms. The number of rotatable bonds is 3. The SMILES string of the molecule is CC(NC(=O)[C@]1(C(F)(F)F)C[C@](C)(Cl)C1)c1ccc(Cl)cc1Cl. The minimum absolute atomic E-state index is 0.280. The molecule has 1 N–H and O–H groups in total. The molecule has 0 aliphatic heterocycles. The molecule has 1 aliphatic carbocycles. The van der Waals surface area contributed by atoms with Crippen LogP contribution < -0.4 is 5.32 Å². The van der Waals surface area contributed by atoms with E-state index in [1.54, 1.807) is 19.1 Å². The molecule has 23 heavy (non-hydrogen) atoms. The molecular formula is C15H15Cl3F3NO. The molecule has 1 amide bonds. The van der Waals surface area contributed by atoms with Gasteiger partial charge in [-0.25, -0.2) is 0 Å². The van der Waals surface area contributed by atoms with Gasteiger partial charge < -0.3 is 5.32 Å². The Hall–Kier alpha value is -0.650. The van der Waals surface area contributed by atoms with Crippen LogP contribution in [0.5, 0.6) is 0 Å². The van der Waals surface area contributed by atoms with Crippen LogP contribution in [0.3, 0.4) is 0 Å². The van der Waals surface area contributed by atoms with E-state index in [0.717, 1.165) is 0 Å². The average Bonchev–Trinajstić information content (AvgIpc) is 2.33. The van der Waals surface area contributed by atoms with Crippen molar-refractivity contribution in [2.24, 2.45) is 5.41 Å². The molecule has 1 aromatic rings. The highest BCUT2D eigenvalue weighted by Gasteiger charge is 2.70. The van der Waals surface area contributed by atoms with Crippen LogP contribution >= 0.6 is 34.8 Å². The zero-order valence-corrected chi connectivity index (χ0v) is 14.7. The normalized spacial score (nSPS) is 28.9. The molecule has 1 fully saturated rings. The quantitative estimate of drug-likeness (QED) is 0.680. The third kappa shape index (κ3) is 3.57. The first kappa shape index (κ1) is 18.7. The lowest BCUT2D eigenvalue weighted by Gasteiger charge is -2.50. The van der Waals surface area contributed by atoms with Gasteiger partial charge >= 0.3 is 6.18 Å². The fourth-order valence-electron chi connectivity index (χ4n) is 2.96. The van der Waals surface area contributed by atoms with Crippen molar-refractivity contribution in [1.82, 2.24) is 5.32 Å². The van der Waals surface area contributed by atoms with E-state index in [-0.39, 0.29) is 5.02 Å². The van der Waals surface area contributed by atoms with Crippen LogP contribution in [0.25, 0.3) is 0 Å². The van der Waals surface area contributed by atoms with Gasteiger partial charge in [0.1, 0.15) is 5.41 Å². The van der Waals surface area contributed by atoms with E-state index >= 15 is 0 Å². The minimum Gasteiger partial charge on any atom is -0.349 e. The summed E-state index contributed by atoms with van der Waals surface area (Å²) in [5.74, 6) is -1.08. The second kappa shape index (κ2) is 6.01. The van der Waals surface area contributed by atoms with Gasteiger partial charge in [0, 0.05) is 14.9 Å². The molecule has 0 bridgehead atoms. The van der Waals surface area contributed by atoms with E-state index in [0.29, 0.717) is 10.6 Å². The number of hydrogen-bond donors (Lipinski definition) is 1. The first-order chi connectivity index (χ1) is 10.4. The molecule has 2 rings (SSSR count). The number of benzene rings is 1. The fraction of sp³-hybridized carbons (Fsp3) is 0.533. The summed E-state index contributed by atoms with van der Waals surface area (Å²) in [5, 5.41) is 3.08. The van der Waals surface area contributed by atoms with Crippen molar-refractivity contribution in [2.45, 2.75) is 43.8 Å². The predicted molar refractivity (Wildman–Crippen MR) is 85.0 cm³/mol. The standard InChI is InChI=1S/C15H15Cl3F3NO/c1-8(10-4-3-9(16)5-11(10)17)22-12(23)14(15(19,20)21)6-13(2,18)7-14/h3-5,8H,6-7H2,1-2H3,(H,22,23)/t8?,13-,14-. The third-order valence-corrected chi connectivity index (χ3v) is 4.92. The third-order valence-electron chi connectivity index (χ3n) is 4.09. The minimum atomic E-state index is -4.66. The summed E-state index contributed by atoms with van der Waals surface area (Å²) in [4.78, 5) is 11.3. The number of nitrogens with one attached hydrogen (secondary N) is 1. The highest BCUT2D eigenvalue weighted by molar-refractivity contribution is 6.35. The maximum Gasteiger partial charge on any atom is 0.403 e. The van der Waals surface area contributed by atoms with Gasteiger partial charge in [0.15, 0.2) is 0 Å². The number of carbonyl (C=O) groups is 1. The summed E-state index contributed by atoms with van der Waals surface area (Å²) in [5.41, 5.74) is -1.95. The fourth-order valence-corrected chi connectivity index (χ4v) is 3.99. The summed E-state index contributed by atoms with van der Waals surface area (Å²) >= 11 is 17.7. The first-order valence-corrected chi connectivity index (χ1v) is 8.03. The van der Waals surface area contributed by atoms with Crippen molar-refractivity contribution in [3.63, 3.8) is 0 Å². The number of halogens is 6. The maximum atomic E-state index is 13.4. The van der Waals surface area contributed by atoms with Crippen molar-refractivity contribution < 1.29 is 18.0 Å². The van der Waals surface area contributed by atoms with Crippen molar-refractivity contribution in [1.29, 1.82) is 0 Å². The zero-order chi connectivity index (χ0) is 17.6. The van der Waals surface area contributed by atoms with E-state index in [1.807, 2.05) is 0 Å². The van der Waals surface area contributed by atoms with Gasteiger partial charge in [-0.05, 0) is 44.4 Å². The molecule has 0 saturated heterocycles. The number of hydrogen-bond acceptors (Lipinski definition) is 1. The van der Waals surface area contributed by atoms with Gasteiger partial charge in [0.05, 0.1) is 6.04 Å². The van der Waals surface area contributed by atoms with Crippen LogP contribution in [0.2, 0.25) is 10.0 Å². The summed E-state index contributed by atoms with van der Waals surface area (Å²) in [7, 11) is 0. The predicted octanol–water partition coefficient (Wildman–Crippen LogP) is 5.51. The van der Waals surface area contributed by atoms with E-state index in [4.69, 9.17) is 34.8 Å². The van der Waals surface area contributed by atoms with Gasteiger partial charge in [-0.1, -0.05) is 29.3 Å². The molecule has 0 spiro atoms. The van der Waals surface area contributed by atoms with Gasteiger partial charge in [0.25, 0.3) is 0 Å². The van der Waals surface area contributed by atoms with E-state index in [1.165, 1.54) is 13.0 Å². The largest absolute Gasteiger partial charge is 0.403 e. The van der Waals surface area contributed by atoms with Gasteiger partial charge in [-0.3, -0.25) is 4.79 Å². The highest BCUT2D eigenvalue weighted by Crippen LogP contribution is 2.60. The Morgan fingerprint density at radius 1 is 1.30 bits per heavy atom. The molecule has 1 aliphatic rings. The van der Waals surface area contributed by atoms with E-state index < -0.39 is 41.3 Å². The average molecular weight is 389 g/mol. The molecule has 2 nitrogen and oxygen atoms in total. The molecule has 0 aromatic heterocycles. The van der Waals surface area contributed by atoms with Gasteiger partial charge in [0.2, 0.25) is 5.91 Å². The molecule has 1 atom stereocenters. The molecule has 0 radical (unpaired) electrons. The highest BCUT2D eigenvalue weighted by atomic mass is 35.5. The van der Waals surface area contributed by atoms with Gasteiger partial charge in [-0.15, -0.1) is 11.6 Å². The molecule has 128 valence electrons. The number of alkyl halides is 4. The maximum absolute atomic E-state index is 13.4. The summed E-state index contributed by atoms with van der Waals surface area (Å²) in [6.07, 6.45) is -5.55. The lowest BCUT2D eigenvalue weighted by atomic mass is 9.60. The summed E-state index contributed by atoms with van der Waals surface area (Å²) < 4.78 is 40.1. The van der Waals surface area contributed by atoms with Crippen LogP contribution in [0.15, 0.2) is 18.2 Å². The molecule has 1 saturated carbocycles. The zero-order valence-electron chi connectivity index (χ0n) is 12.4. The smallest absolute Gasteiger partial charge is 0.349 e. The monoisotopic (exact) mass is 387 g/mol. The van der Waals surface area contributed by atoms with Gasteiger partial charge in [-0.2, -0.15) is 13.2 Å². The Kier molecular flexibility index (Phi) is 4.88. The Morgan fingerprint density at radius 2 is 1.87 bits per heavy atom. The van der Waals surface area contributed by atoms with E-state index in [2.05, 4.69) is 5.32 Å². The lowest BCUT2D eigenvalue weighted by molar-refractivity contribution is -0.249. The molecule has 1 aromatic carbocycles. The van der Waals surface area contributed by atoms with Crippen LogP contribution in [-0.2, 0) is 4.79 Å². The van der Waals surface area contributed by atoms with Crippen molar-refractivity contribution in [3.05, 3.63) is 33.8 Å². The second-order valence-corrected chi connectivity index (χ2v) is 7.96. The van der Waals surface area contributed by atoms with Crippen LogP contribution in [0, 0.1) is 5.41 Å². The lowest BCUT2D eigenvalue weighted by Crippen LogP contribution is -2.62. The van der Waals surface area contributed by atoms with Crippen LogP contribution in [0.4, 0.5) is 13.2 Å². The topological polar surface area (TPSA) is 29.1 Å². The van der Waals surface area contributed by atoms with E-state index in [9.17, 15) is 18.0 Å². The van der Waals surface area contributed by atoms with Crippen LogP contribution in [0.1, 0.15) is 38.3 Å². The Bertz CT molecular complexity index is 623. The number of amides is 1.